The second kappa shape index (κ2) is 5.59. The lowest BCUT2D eigenvalue weighted by Gasteiger charge is -2.13. The number of imidazole rings is 1. The van der Waals surface area contributed by atoms with E-state index in [9.17, 15) is 9.50 Å². The molecule has 3 nitrogen and oxygen atoms in total. The largest absolute Gasteiger partial charge is 0.380 e. The maximum atomic E-state index is 12.1. The van der Waals surface area contributed by atoms with Crippen LogP contribution in [0.3, 0.4) is 0 Å². The van der Waals surface area contributed by atoms with Crippen LogP contribution in [0.15, 0.2) is 42.7 Å². The normalized spacial score (nSPS) is 12.6. The average Bonchev–Trinajstić information content (AvgIpc) is 2.84. The Morgan fingerprint density at radius 2 is 2.06 bits per heavy atom. The molecule has 0 saturated carbocycles. The summed E-state index contributed by atoms with van der Waals surface area (Å²) < 4.78 is 13.9. The Balaban J connectivity index is 2.19. The topological polar surface area (TPSA) is 38.1 Å². The highest BCUT2D eigenvalue weighted by atomic mass is 19.1. The van der Waals surface area contributed by atoms with E-state index in [1.54, 1.807) is 17.0 Å². The summed E-state index contributed by atoms with van der Waals surface area (Å²) in [6.07, 6.45) is 3.06. The molecule has 1 N–H and O–H groups in total. The van der Waals surface area contributed by atoms with Crippen LogP contribution in [0.2, 0.25) is 0 Å². The lowest BCUT2D eigenvalue weighted by molar-refractivity contribution is 0.203. The van der Waals surface area contributed by atoms with Gasteiger partial charge < -0.3 is 9.67 Å². The monoisotopic (exact) mass is 234 g/mol. The minimum absolute atomic E-state index is 0.362. The molecular formula is C13H15FN2O. The SMILES string of the molecule is O[C@H](c1ccccc1)c1nccn1CCCF. The van der Waals surface area contributed by atoms with Crippen molar-refractivity contribution in [2.75, 3.05) is 6.67 Å². The van der Waals surface area contributed by atoms with E-state index in [0.29, 0.717) is 18.8 Å². The zero-order chi connectivity index (χ0) is 12.1. The van der Waals surface area contributed by atoms with Gasteiger partial charge in [-0.25, -0.2) is 4.98 Å². The molecule has 1 aromatic carbocycles. The van der Waals surface area contributed by atoms with Crippen LogP contribution >= 0.6 is 0 Å². The van der Waals surface area contributed by atoms with Gasteiger partial charge in [-0.15, -0.1) is 0 Å². The van der Waals surface area contributed by atoms with Crippen LogP contribution in [0.5, 0.6) is 0 Å². The van der Waals surface area contributed by atoms with Gasteiger partial charge in [0.2, 0.25) is 0 Å². The summed E-state index contributed by atoms with van der Waals surface area (Å²) in [5, 5.41) is 10.2. The Labute approximate surface area is 99.5 Å². The Morgan fingerprint density at radius 3 is 2.76 bits per heavy atom. The summed E-state index contributed by atoms with van der Waals surface area (Å²) in [7, 11) is 0. The first-order valence-electron chi connectivity index (χ1n) is 5.63. The minimum atomic E-state index is -0.759. The van der Waals surface area contributed by atoms with Gasteiger partial charge in [0.1, 0.15) is 11.9 Å². The van der Waals surface area contributed by atoms with Crippen LogP contribution in [0.25, 0.3) is 0 Å². The molecule has 17 heavy (non-hydrogen) atoms. The number of hydrogen-bond donors (Lipinski definition) is 1. The van der Waals surface area contributed by atoms with Crippen molar-refractivity contribution in [1.82, 2.24) is 9.55 Å². The number of aliphatic hydroxyl groups is 1. The average molecular weight is 234 g/mol. The molecule has 0 unspecified atom stereocenters. The number of benzene rings is 1. The third kappa shape index (κ3) is 2.71. The standard InChI is InChI=1S/C13H15FN2O/c14-7-4-9-16-10-8-15-13(16)12(17)11-5-2-1-3-6-11/h1-3,5-6,8,10,12,17H,4,7,9H2/t12-/m1/s1. The van der Waals surface area contributed by atoms with Gasteiger partial charge in [-0.1, -0.05) is 30.3 Å². The van der Waals surface area contributed by atoms with Crippen molar-refractivity contribution in [3.8, 4) is 0 Å². The quantitative estimate of drug-likeness (QED) is 0.862. The van der Waals surface area contributed by atoms with E-state index in [2.05, 4.69) is 4.98 Å². The number of aryl methyl sites for hydroxylation is 1. The van der Waals surface area contributed by atoms with Gasteiger partial charge in [0.05, 0.1) is 6.67 Å². The van der Waals surface area contributed by atoms with E-state index in [-0.39, 0.29) is 6.67 Å². The van der Waals surface area contributed by atoms with Crippen LogP contribution in [0.4, 0.5) is 4.39 Å². The molecule has 1 heterocycles. The van der Waals surface area contributed by atoms with Gasteiger partial charge >= 0.3 is 0 Å². The van der Waals surface area contributed by atoms with Gasteiger partial charge in [-0.2, -0.15) is 0 Å². The maximum Gasteiger partial charge on any atom is 0.142 e. The van der Waals surface area contributed by atoms with Gasteiger partial charge in [0, 0.05) is 18.9 Å². The molecule has 0 fully saturated rings. The van der Waals surface area contributed by atoms with E-state index in [1.807, 2.05) is 30.3 Å². The Kier molecular flexibility index (Phi) is 3.88. The van der Waals surface area contributed by atoms with Crippen molar-refractivity contribution in [2.24, 2.45) is 0 Å². The molecule has 0 aliphatic carbocycles. The third-order valence-corrected chi connectivity index (χ3v) is 2.64. The van der Waals surface area contributed by atoms with Gasteiger partial charge in [-0.3, -0.25) is 4.39 Å². The zero-order valence-electron chi connectivity index (χ0n) is 9.46. The molecule has 1 aromatic heterocycles. The molecular weight excluding hydrogens is 219 g/mol. The number of aromatic nitrogens is 2. The minimum Gasteiger partial charge on any atom is -0.380 e. The summed E-state index contributed by atoms with van der Waals surface area (Å²) in [4.78, 5) is 4.14. The summed E-state index contributed by atoms with van der Waals surface area (Å²) in [5.41, 5.74) is 0.792. The van der Waals surface area contributed by atoms with Crippen molar-refractivity contribution in [1.29, 1.82) is 0 Å². The fourth-order valence-electron chi connectivity index (χ4n) is 1.77. The number of alkyl halides is 1. The lowest BCUT2D eigenvalue weighted by Crippen LogP contribution is -2.10. The van der Waals surface area contributed by atoms with Crippen molar-refractivity contribution in [3.05, 3.63) is 54.1 Å². The highest BCUT2D eigenvalue weighted by Crippen LogP contribution is 2.20. The Hall–Kier alpha value is -1.68. The fourth-order valence-corrected chi connectivity index (χ4v) is 1.77. The molecule has 4 heteroatoms. The van der Waals surface area contributed by atoms with Crippen LogP contribution in [0.1, 0.15) is 23.9 Å². The zero-order valence-corrected chi connectivity index (χ0v) is 9.46. The summed E-state index contributed by atoms with van der Waals surface area (Å²) in [6.45, 7) is 0.175. The summed E-state index contributed by atoms with van der Waals surface area (Å²) >= 11 is 0. The number of nitrogens with zero attached hydrogens (tertiary/aromatic N) is 2. The lowest BCUT2D eigenvalue weighted by atomic mass is 10.1. The molecule has 1 atom stereocenters. The number of hydrogen-bond acceptors (Lipinski definition) is 2. The van der Waals surface area contributed by atoms with E-state index in [1.165, 1.54) is 0 Å². The molecule has 0 bridgehead atoms. The van der Waals surface area contributed by atoms with E-state index >= 15 is 0 Å². The summed E-state index contributed by atoms with van der Waals surface area (Å²) in [5.74, 6) is 0.560. The van der Waals surface area contributed by atoms with Crippen molar-refractivity contribution < 1.29 is 9.50 Å². The van der Waals surface area contributed by atoms with Gasteiger partial charge in [0.15, 0.2) is 0 Å². The van der Waals surface area contributed by atoms with Gasteiger partial charge in [0.25, 0.3) is 0 Å². The van der Waals surface area contributed by atoms with Crippen LogP contribution < -0.4 is 0 Å². The molecule has 2 rings (SSSR count). The number of aliphatic hydroxyl groups excluding tert-OH is 1. The smallest absolute Gasteiger partial charge is 0.142 e. The second-order valence-corrected chi connectivity index (χ2v) is 3.83. The van der Waals surface area contributed by atoms with Crippen LogP contribution in [-0.4, -0.2) is 21.3 Å². The summed E-state index contributed by atoms with van der Waals surface area (Å²) in [6, 6.07) is 9.32. The Bertz CT molecular complexity index is 455. The predicted molar refractivity (Wildman–Crippen MR) is 63.3 cm³/mol. The molecule has 0 spiro atoms. The first-order valence-corrected chi connectivity index (χ1v) is 5.63. The van der Waals surface area contributed by atoms with Crippen molar-refractivity contribution in [2.45, 2.75) is 19.1 Å². The fraction of sp³-hybridized carbons (Fsp3) is 0.308. The molecule has 0 radical (unpaired) electrons. The van der Waals surface area contributed by atoms with E-state index in [0.717, 1.165) is 5.56 Å². The molecule has 0 aliphatic heterocycles. The van der Waals surface area contributed by atoms with Gasteiger partial charge in [-0.05, 0) is 12.0 Å². The highest BCUT2D eigenvalue weighted by Gasteiger charge is 2.15. The predicted octanol–water partition coefficient (Wildman–Crippen LogP) is 2.32. The molecule has 90 valence electrons. The van der Waals surface area contributed by atoms with Crippen molar-refractivity contribution >= 4 is 0 Å². The number of halogens is 1. The molecule has 0 aliphatic rings. The molecule has 0 saturated heterocycles. The van der Waals surface area contributed by atoms with E-state index < -0.39 is 6.10 Å². The van der Waals surface area contributed by atoms with E-state index in [4.69, 9.17) is 0 Å². The first-order chi connectivity index (χ1) is 8.33. The second-order valence-electron chi connectivity index (χ2n) is 3.83. The number of rotatable bonds is 5. The Morgan fingerprint density at radius 1 is 1.29 bits per heavy atom. The third-order valence-electron chi connectivity index (χ3n) is 2.64. The highest BCUT2D eigenvalue weighted by molar-refractivity contribution is 5.22. The molecule has 2 aromatic rings. The maximum absolute atomic E-state index is 12.1. The van der Waals surface area contributed by atoms with Crippen LogP contribution in [0, 0.1) is 0 Å². The molecule has 0 amide bonds. The first kappa shape index (κ1) is 11.8. The van der Waals surface area contributed by atoms with Crippen LogP contribution in [-0.2, 0) is 6.54 Å². The van der Waals surface area contributed by atoms with Crippen molar-refractivity contribution in [3.63, 3.8) is 0 Å².